The number of hydrogen-bond donors (Lipinski definition) is 1. The van der Waals surface area contributed by atoms with Crippen LogP contribution in [0.1, 0.15) is 30.2 Å². The maximum atomic E-state index is 13.8. The van der Waals surface area contributed by atoms with Gasteiger partial charge < -0.3 is 5.32 Å². The molecule has 0 saturated carbocycles. The van der Waals surface area contributed by atoms with Crippen LogP contribution in [0, 0.1) is 19.7 Å². The summed E-state index contributed by atoms with van der Waals surface area (Å²) in [5, 5.41) is 3.36. The summed E-state index contributed by atoms with van der Waals surface area (Å²) in [5.41, 5.74) is 4.37. The van der Waals surface area contributed by atoms with E-state index in [-0.39, 0.29) is 30.2 Å². The van der Waals surface area contributed by atoms with Gasteiger partial charge in [-0.05, 0) is 61.7 Å². The number of fused-ring (bicyclic) bond motifs is 1. The van der Waals surface area contributed by atoms with Gasteiger partial charge >= 0.3 is 0 Å². The second kappa shape index (κ2) is 8.78. The average molecular weight is 432 g/mol. The standard InChI is InChI=1S/C25H25FN4O2/c1-4-18-7-5-9-20(13-18)28-22(31)11-12-29-15-27-24-23(25(29)32)16(2)17(3)30(24)21-10-6-8-19(26)14-21/h5-10,13-15H,4,11-12H2,1-3H3,(H,28,31). The summed E-state index contributed by atoms with van der Waals surface area (Å²) in [7, 11) is 0. The number of nitrogens with zero attached hydrogens (tertiary/aromatic N) is 3. The molecule has 0 saturated heterocycles. The number of halogens is 1. The lowest BCUT2D eigenvalue weighted by molar-refractivity contribution is -0.116. The van der Waals surface area contributed by atoms with Gasteiger partial charge in [0.25, 0.3) is 5.56 Å². The van der Waals surface area contributed by atoms with Crippen LogP contribution in [0.2, 0.25) is 0 Å². The Morgan fingerprint density at radius 2 is 1.91 bits per heavy atom. The largest absolute Gasteiger partial charge is 0.326 e. The van der Waals surface area contributed by atoms with Crippen LogP contribution in [-0.4, -0.2) is 20.0 Å². The molecule has 0 radical (unpaired) electrons. The Morgan fingerprint density at radius 3 is 2.66 bits per heavy atom. The molecule has 6 nitrogen and oxygen atoms in total. The molecule has 164 valence electrons. The Bertz CT molecular complexity index is 1370. The lowest BCUT2D eigenvalue weighted by Crippen LogP contribution is -2.24. The third-order valence-corrected chi connectivity index (χ3v) is 5.75. The van der Waals surface area contributed by atoms with Gasteiger partial charge in [-0.2, -0.15) is 0 Å². The highest BCUT2D eigenvalue weighted by atomic mass is 19.1. The number of carbonyl (C=O) groups excluding carboxylic acids is 1. The van der Waals surface area contributed by atoms with Crippen LogP contribution in [0.25, 0.3) is 16.7 Å². The van der Waals surface area contributed by atoms with Crippen LogP contribution in [0.5, 0.6) is 0 Å². The molecule has 32 heavy (non-hydrogen) atoms. The third kappa shape index (κ3) is 4.06. The number of benzene rings is 2. The number of carbonyl (C=O) groups is 1. The topological polar surface area (TPSA) is 68.9 Å². The van der Waals surface area contributed by atoms with Gasteiger partial charge in [-0.3, -0.25) is 18.7 Å². The maximum Gasteiger partial charge on any atom is 0.263 e. The molecule has 0 atom stereocenters. The van der Waals surface area contributed by atoms with E-state index in [4.69, 9.17) is 0 Å². The van der Waals surface area contributed by atoms with Crippen molar-refractivity contribution in [2.45, 2.75) is 40.2 Å². The molecule has 4 rings (SSSR count). The van der Waals surface area contributed by atoms with Crippen molar-refractivity contribution in [1.29, 1.82) is 0 Å². The van der Waals surface area contributed by atoms with E-state index in [0.717, 1.165) is 28.9 Å². The number of hydrogen-bond acceptors (Lipinski definition) is 3. The molecule has 0 fully saturated rings. The van der Waals surface area contributed by atoms with Crippen molar-refractivity contribution in [2.24, 2.45) is 0 Å². The van der Waals surface area contributed by atoms with Gasteiger partial charge in [-0.15, -0.1) is 0 Å². The Hall–Kier alpha value is -3.74. The highest BCUT2D eigenvalue weighted by Gasteiger charge is 2.18. The summed E-state index contributed by atoms with van der Waals surface area (Å²) in [6.45, 7) is 6.00. The second-order valence-corrected chi connectivity index (χ2v) is 7.82. The van der Waals surface area contributed by atoms with Gasteiger partial charge in [0, 0.05) is 24.3 Å². The van der Waals surface area contributed by atoms with E-state index < -0.39 is 0 Å². The summed E-state index contributed by atoms with van der Waals surface area (Å²) in [4.78, 5) is 30.1. The molecule has 0 aliphatic carbocycles. The smallest absolute Gasteiger partial charge is 0.263 e. The predicted molar refractivity (Wildman–Crippen MR) is 124 cm³/mol. The zero-order valence-electron chi connectivity index (χ0n) is 18.4. The first kappa shape index (κ1) is 21.5. The highest BCUT2D eigenvalue weighted by Crippen LogP contribution is 2.25. The number of nitrogens with one attached hydrogen (secondary N) is 1. The minimum atomic E-state index is -0.356. The van der Waals surface area contributed by atoms with E-state index in [2.05, 4.69) is 17.2 Å². The van der Waals surface area contributed by atoms with Gasteiger partial charge in [-0.1, -0.05) is 25.1 Å². The highest BCUT2D eigenvalue weighted by molar-refractivity contribution is 5.90. The van der Waals surface area contributed by atoms with Crippen molar-refractivity contribution >= 4 is 22.6 Å². The van der Waals surface area contributed by atoms with E-state index in [1.54, 1.807) is 16.7 Å². The van der Waals surface area contributed by atoms with Crippen LogP contribution in [0.4, 0.5) is 10.1 Å². The van der Waals surface area contributed by atoms with Gasteiger partial charge in [0.05, 0.1) is 17.4 Å². The molecule has 0 spiro atoms. The molecular weight excluding hydrogens is 407 g/mol. The quantitative estimate of drug-likeness (QED) is 0.487. The number of anilines is 1. The lowest BCUT2D eigenvalue weighted by Gasteiger charge is -2.09. The second-order valence-electron chi connectivity index (χ2n) is 7.82. The van der Waals surface area contributed by atoms with E-state index >= 15 is 0 Å². The number of amides is 1. The van der Waals surface area contributed by atoms with E-state index in [1.165, 1.54) is 23.0 Å². The fourth-order valence-electron chi connectivity index (χ4n) is 3.89. The third-order valence-electron chi connectivity index (χ3n) is 5.75. The van der Waals surface area contributed by atoms with E-state index in [9.17, 15) is 14.0 Å². The monoisotopic (exact) mass is 432 g/mol. The fraction of sp³-hybridized carbons (Fsp3) is 0.240. The van der Waals surface area contributed by atoms with Gasteiger partial charge in [-0.25, -0.2) is 9.37 Å². The van der Waals surface area contributed by atoms with Gasteiger partial charge in [0.1, 0.15) is 5.82 Å². The van der Waals surface area contributed by atoms with Gasteiger partial charge in [0.15, 0.2) is 5.65 Å². The van der Waals surface area contributed by atoms with Crippen molar-refractivity contribution in [3.63, 3.8) is 0 Å². The molecular formula is C25H25FN4O2. The van der Waals surface area contributed by atoms with Crippen molar-refractivity contribution in [3.05, 3.63) is 87.9 Å². The average Bonchev–Trinajstić information content (AvgIpc) is 3.04. The molecule has 2 aromatic heterocycles. The first-order chi connectivity index (χ1) is 15.4. The molecule has 0 bridgehead atoms. The van der Waals surface area contributed by atoms with Crippen LogP contribution in [0.15, 0.2) is 59.7 Å². The SMILES string of the molecule is CCc1cccc(NC(=O)CCn2cnc3c(c(C)c(C)n3-c3cccc(F)c3)c2=O)c1. The molecule has 1 amide bonds. The Balaban J connectivity index is 1.59. The van der Waals surface area contributed by atoms with Crippen LogP contribution in [-0.2, 0) is 17.8 Å². The predicted octanol–water partition coefficient (Wildman–Crippen LogP) is 4.53. The number of aryl methyl sites for hydroxylation is 3. The number of rotatable bonds is 6. The number of aromatic nitrogens is 3. The van der Waals surface area contributed by atoms with Crippen molar-refractivity contribution in [3.8, 4) is 5.69 Å². The Kier molecular flexibility index (Phi) is 5.90. The van der Waals surface area contributed by atoms with Crippen molar-refractivity contribution in [2.75, 3.05) is 5.32 Å². The zero-order valence-corrected chi connectivity index (χ0v) is 18.4. The first-order valence-corrected chi connectivity index (χ1v) is 10.6. The van der Waals surface area contributed by atoms with E-state index in [1.807, 2.05) is 38.1 Å². The Labute approximate surface area is 185 Å². The van der Waals surface area contributed by atoms with Crippen LogP contribution in [0.3, 0.4) is 0 Å². The normalized spacial score (nSPS) is 11.1. The fourth-order valence-corrected chi connectivity index (χ4v) is 3.89. The maximum absolute atomic E-state index is 13.8. The minimum Gasteiger partial charge on any atom is -0.326 e. The van der Waals surface area contributed by atoms with Crippen molar-refractivity contribution in [1.82, 2.24) is 14.1 Å². The molecule has 0 unspecified atom stereocenters. The van der Waals surface area contributed by atoms with Crippen molar-refractivity contribution < 1.29 is 9.18 Å². The summed E-state index contributed by atoms with van der Waals surface area (Å²) in [6.07, 6.45) is 2.48. The summed E-state index contributed by atoms with van der Waals surface area (Å²) >= 11 is 0. The summed E-state index contributed by atoms with van der Waals surface area (Å²) < 4.78 is 17.0. The molecule has 4 aromatic rings. The van der Waals surface area contributed by atoms with Gasteiger partial charge in [0.2, 0.25) is 5.91 Å². The summed E-state index contributed by atoms with van der Waals surface area (Å²) in [6, 6.07) is 13.9. The molecule has 1 N–H and O–H groups in total. The lowest BCUT2D eigenvalue weighted by atomic mass is 10.1. The molecule has 2 heterocycles. The molecule has 0 aliphatic rings. The van der Waals surface area contributed by atoms with Crippen LogP contribution < -0.4 is 10.9 Å². The molecule has 0 aliphatic heterocycles. The summed E-state index contributed by atoms with van der Waals surface area (Å²) in [5.74, 6) is -0.527. The first-order valence-electron chi connectivity index (χ1n) is 10.6. The van der Waals surface area contributed by atoms with E-state index in [0.29, 0.717) is 16.7 Å². The Morgan fingerprint density at radius 1 is 1.12 bits per heavy atom. The molecule has 2 aromatic carbocycles. The van der Waals surface area contributed by atoms with Crippen LogP contribution >= 0.6 is 0 Å². The molecule has 7 heteroatoms. The zero-order chi connectivity index (χ0) is 22.8. The minimum absolute atomic E-state index is 0.145.